The Kier molecular flexibility index (Phi) is 5.53. The minimum absolute atomic E-state index is 0.0880. The van der Waals surface area contributed by atoms with Crippen LogP contribution in [0.5, 0.6) is 0 Å². The van der Waals surface area contributed by atoms with Gasteiger partial charge in [0.15, 0.2) is 0 Å². The smallest absolute Gasteiger partial charge is 0.101 e. The number of ether oxygens (including phenoxy) is 2. The van der Waals surface area contributed by atoms with E-state index in [1.807, 2.05) is 17.9 Å². The maximum Gasteiger partial charge on any atom is 0.101 e. The third kappa shape index (κ3) is 4.09. The molecule has 3 heterocycles. The van der Waals surface area contributed by atoms with Crippen LogP contribution in [0.2, 0.25) is 0 Å². The highest BCUT2D eigenvalue weighted by Crippen LogP contribution is 2.28. The summed E-state index contributed by atoms with van der Waals surface area (Å²) in [7, 11) is 1.95. The largest absolute Gasteiger partial charge is 0.378 e. The molecule has 2 atom stereocenters. The lowest BCUT2D eigenvalue weighted by Gasteiger charge is -2.32. The van der Waals surface area contributed by atoms with Gasteiger partial charge < -0.3 is 19.7 Å². The molecule has 1 N–H and O–H groups in total. The maximum absolute atomic E-state index is 6.04. The molecule has 2 fully saturated rings. The molecule has 0 bridgehead atoms. The van der Waals surface area contributed by atoms with Crippen molar-refractivity contribution in [3.05, 3.63) is 47.8 Å². The molecule has 2 aliphatic heterocycles. The molecule has 4 rings (SSSR count). The summed E-state index contributed by atoms with van der Waals surface area (Å²) in [5, 5.41) is 7.99. The van der Waals surface area contributed by atoms with Crippen LogP contribution in [0.4, 0.5) is 5.69 Å². The Hall–Kier alpha value is -1.89. The molecule has 0 saturated carbocycles. The van der Waals surface area contributed by atoms with Gasteiger partial charge in [-0.15, -0.1) is 0 Å². The highest BCUT2D eigenvalue weighted by atomic mass is 16.5. The molecular weight excluding hydrogens is 328 g/mol. The highest BCUT2D eigenvalue weighted by Gasteiger charge is 2.28. The third-order valence-electron chi connectivity index (χ3n) is 5.26. The highest BCUT2D eigenvalue weighted by molar-refractivity contribution is 5.47. The number of nitrogens with zero attached hydrogens (tertiary/aromatic N) is 3. The van der Waals surface area contributed by atoms with E-state index < -0.39 is 0 Å². The van der Waals surface area contributed by atoms with E-state index in [-0.39, 0.29) is 6.10 Å². The Labute approximate surface area is 155 Å². The number of hydrogen-bond acceptors (Lipinski definition) is 5. The Balaban J connectivity index is 1.36. The van der Waals surface area contributed by atoms with Crippen molar-refractivity contribution in [3.8, 4) is 0 Å². The lowest BCUT2D eigenvalue weighted by molar-refractivity contribution is -0.0112. The number of aryl methyl sites for hydroxylation is 1. The second-order valence-corrected chi connectivity index (χ2v) is 7.13. The lowest BCUT2D eigenvalue weighted by Crippen LogP contribution is -2.39. The van der Waals surface area contributed by atoms with E-state index in [0.717, 1.165) is 57.9 Å². The van der Waals surface area contributed by atoms with Crippen LogP contribution >= 0.6 is 0 Å². The van der Waals surface area contributed by atoms with Crippen molar-refractivity contribution in [2.45, 2.75) is 31.5 Å². The van der Waals surface area contributed by atoms with Crippen molar-refractivity contribution in [2.75, 3.05) is 37.8 Å². The van der Waals surface area contributed by atoms with E-state index in [2.05, 4.69) is 45.8 Å². The Morgan fingerprint density at radius 3 is 2.69 bits per heavy atom. The second-order valence-electron chi connectivity index (χ2n) is 7.13. The van der Waals surface area contributed by atoms with Crippen LogP contribution in [-0.4, -0.2) is 48.7 Å². The molecule has 2 aromatic rings. The van der Waals surface area contributed by atoms with Crippen LogP contribution in [0, 0.1) is 0 Å². The first kappa shape index (κ1) is 17.5. The fourth-order valence-corrected chi connectivity index (χ4v) is 3.80. The molecule has 6 nitrogen and oxygen atoms in total. The molecule has 2 aliphatic rings. The fourth-order valence-electron chi connectivity index (χ4n) is 3.80. The van der Waals surface area contributed by atoms with Gasteiger partial charge in [0.1, 0.15) is 6.10 Å². The summed E-state index contributed by atoms with van der Waals surface area (Å²) < 4.78 is 13.3. The molecular formula is C20H28N4O2. The van der Waals surface area contributed by atoms with E-state index >= 15 is 0 Å². The molecule has 0 spiro atoms. The minimum Gasteiger partial charge on any atom is -0.378 e. The first-order chi connectivity index (χ1) is 12.8. The van der Waals surface area contributed by atoms with E-state index in [1.54, 1.807) is 0 Å². The predicted molar refractivity (Wildman–Crippen MR) is 101 cm³/mol. The maximum atomic E-state index is 6.04. The molecule has 0 unspecified atom stereocenters. The van der Waals surface area contributed by atoms with Gasteiger partial charge >= 0.3 is 0 Å². The minimum atomic E-state index is 0.0880. The van der Waals surface area contributed by atoms with E-state index in [1.165, 1.54) is 11.3 Å². The first-order valence-corrected chi connectivity index (χ1v) is 9.55. The average Bonchev–Trinajstić information content (AvgIpc) is 3.14. The van der Waals surface area contributed by atoms with Gasteiger partial charge in [0.25, 0.3) is 0 Å². The zero-order valence-corrected chi connectivity index (χ0v) is 15.4. The number of aromatic nitrogens is 2. The number of anilines is 1. The van der Waals surface area contributed by atoms with Gasteiger partial charge in [0, 0.05) is 56.8 Å². The zero-order chi connectivity index (χ0) is 17.8. The first-order valence-electron chi connectivity index (χ1n) is 9.55. The number of hydrogen-bond donors (Lipinski definition) is 1. The topological polar surface area (TPSA) is 51.5 Å². The molecule has 0 radical (unpaired) electrons. The molecule has 6 heteroatoms. The average molecular weight is 356 g/mol. The molecule has 1 aromatic heterocycles. The summed E-state index contributed by atoms with van der Waals surface area (Å²) in [4.78, 5) is 2.38. The summed E-state index contributed by atoms with van der Waals surface area (Å²) in [5.41, 5.74) is 3.75. The molecule has 140 valence electrons. The van der Waals surface area contributed by atoms with Crippen LogP contribution in [0.3, 0.4) is 0 Å². The standard InChI is InChI=1S/C20H28N4O2/c1-23-15-17(14-22-23)20-19(3-2-10-26-20)21-13-16-4-6-18(7-5-16)24-8-11-25-12-9-24/h4-7,14-15,19-21H,2-3,8-13H2,1H3/t19-,20+/m0/s1. The molecule has 26 heavy (non-hydrogen) atoms. The van der Waals surface area contributed by atoms with Crippen molar-refractivity contribution >= 4 is 5.69 Å². The van der Waals surface area contributed by atoms with E-state index in [4.69, 9.17) is 9.47 Å². The zero-order valence-electron chi connectivity index (χ0n) is 15.4. The summed E-state index contributed by atoms with van der Waals surface area (Å²) in [6.07, 6.45) is 6.30. The van der Waals surface area contributed by atoms with Crippen LogP contribution in [0.1, 0.15) is 30.1 Å². The summed E-state index contributed by atoms with van der Waals surface area (Å²) >= 11 is 0. The molecule has 0 amide bonds. The second kappa shape index (κ2) is 8.20. The van der Waals surface area contributed by atoms with Crippen molar-refractivity contribution in [2.24, 2.45) is 7.05 Å². The Morgan fingerprint density at radius 1 is 1.15 bits per heavy atom. The van der Waals surface area contributed by atoms with Gasteiger partial charge in [-0.25, -0.2) is 0 Å². The molecule has 0 aliphatic carbocycles. The third-order valence-corrected chi connectivity index (χ3v) is 5.26. The van der Waals surface area contributed by atoms with E-state index in [9.17, 15) is 0 Å². The number of rotatable bonds is 5. The number of nitrogens with one attached hydrogen (secondary N) is 1. The summed E-state index contributed by atoms with van der Waals surface area (Å²) in [5.74, 6) is 0. The van der Waals surface area contributed by atoms with Gasteiger partial charge in [0.05, 0.1) is 19.4 Å². The molecule has 1 aromatic carbocycles. The fraction of sp³-hybridized carbons (Fsp3) is 0.550. The van der Waals surface area contributed by atoms with Crippen molar-refractivity contribution in [1.29, 1.82) is 0 Å². The van der Waals surface area contributed by atoms with E-state index in [0.29, 0.717) is 6.04 Å². The van der Waals surface area contributed by atoms with Gasteiger partial charge in [-0.1, -0.05) is 12.1 Å². The SMILES string of the molecule is Cn1cc([C@H]2OCCC[C@@H]2NCc2ccc(N3CCOCC3)cc2)cn1. The predicted octanol–water partition coefficient (Wildman–Crippen LogP) is 2.27. The summed E-state index contributed by atoms with van der Waals surface area (Å²) in [6, 6.07) is 9.21. The van der Waals surface area contributed by atoms with Gasteiger partial charge in [-0.2, -0.15) is 5.10 Å². The monoisotopic (exact) mass is 356 g/mol. The van der Waals surface area contributed by atoms with Gasteiger partial charge in [0.2, 0.25) is 0 Å². The van der Waals surface area contributed by atoms with Gasteiger partial charge in [-0.3, -0.25) is 4.68 Å². The normalized spacial score (nSPS) is 24.0. The number of morpholine rings is 1. The quantitative estimate of drug-likeness (QED) is 0.891. The van der Waals surface area contributed by atoms with Gasteiger partial charge in [-0.05, 0) is 30.5 Å². The Bertz CT molecular complexity index is 694. The van der Waals surface area contributed by atoms with Crippen LogP contribution in [0.15, 0.2) is 36.7 Å². The molecule has 2 saturated heterocycles. The van der Waals surface area contributed by atoms with Crippen LogP contribution in [-0.2, 0) is 23.1 Å². The number of benzene rings is 1. The van der Waals surface area contributed by atoms with Crippen LogP contribution < -0.4 is 10.2 Å². The van der Waals surface area contributed by atoms with Crippen LogP contribution in [0.25, 0.3) is 0 Å². The van der Waals surface area contributed by atoms with Crippen molar-refractivity contribution in [3.63, 3.8) is 0 Å². The van der Waals surface area contributed by atoms with Crippen molar-refractivity contribution < 1.29 is 9.47 Å². The van der Waals surface area contributed by atoms with Crippen molar-refractivity contribution in [1.82, 2.24) is 15.1 Å². The Morgan fingerprint density at radius 2 is 1.96 bits per heavy atom. The lowest BCUT2D eigenvalue weighted by atomic mass is 9.98. The summed E-state index contributed by atoms with van der Waals surface area (Å²) in [6.45, 7) is 5.27.